The van der Waals surface area contributed by atoms with Gasteiger partial charge in [-0.05, 0) is 86.9 Å². The average molecular weight is 814 g/mol. The molecule has 2 aliphatic heterocycles. The van der Waals surface area contributed by atoms with Crippen molar-refractivity contribution in [2.75, 3.05) is 47.4 Å². The Morgan fingerprint density at radius 2 is 1.78 bits per heavy atom. The van der Waals surface area contributed by atoms with E-state index in [0.29, 0.717) is 42.0 Å². The Labute approximate surface area is 350 Å². The van der Waals surface area contributed by atoms with E-state index in [-0.39, 0.29) is 42.3 Å². The Morgan fingerprint density at radius 1 is 1.05 bits per heavy atom. The minimum absolute atomic E-state index is 0.0300. The topological polar surface area (TPSA) is 147 Å². The third kappa shape index (κ3) is 8.85. The number of methoxy groups -OCH3 is 1. The smallest absolute Gasteiger partial charge is 0.251 e. The van der Waals surface area contributed by atoms with Gasteiger partial charge in [0, 0.05) is 60.9 Å². The van der Waals surface area contributed by atoms with Gasteiger partial charge in [-0.2, -0.15) is 5.06 Å². The molecule has 6 aliphatic rings. The number of likely N-dealkylation sites (tertiary alicyclic amines) is 1. The molecular formula is C47H67N5O7. The third-order valence-electron chi connectivity index (χ3n) is 14.6. The lowest BCUT2D eigenvalue weighted by molar-refractivity contribution is -0.183. The molecular weight excluding hydrogens is 747 g/mol. The van der Waals surface area contributed by atoms with Crippen molar-refractivity contribution in [3.05, 3.63) is 88.6 Å². The molecule has 322 valence electrons. The highest BCUT2D eigenvalue weighted by Gasteiger charge is 2.57. The second-order valence-electron chi connectivity index (χ2n) is 18.7. The number of ether oxygens (including phenoxy) is 1. The molecule has 0 spiro atoms. The van der Waals surface area contributed by atoms with Crippen LogP contribution in [0.2, 0.25) is 0 Å². The molecule has 12 heteroatoms. The molecule has 2 heterocycles. The summed E-state index contributed by atoms with van der Waals surface area (Å²) in [7, 11) is 5.56. The van der Waals surface area contributed by atoms with Gasteiger partial charge in [-0.15, -0.1) is 0 Å². The monoisotopic (exact) mass is 814 g/mol. The minimum atomic E-state index is -0.908. The zero-order valence-electron chi connectivity index (χ0n) is 36.0. The number of carbonyl (C=O) groups excluding carboxylic acids is 2. The van der Waals surface area contributed by atoms with Gasteiger partial charge >= 0.3 is 0 Å². The van der Waals surface area contributed by atoms with E-state index in [1.807, 2.05) is 79.7 Å². The molecule has 5 fully saturated rings. The largest absolute Gasteiger partial charge is 0.496 e. The van der Waals surface area contributed by atoms with Crippen LogP contribution in [-0.4, -0.2) is 120 Å². The van der Waals surface area contributed by atoms with Crippen LogP contribution in [0.3, 0.4) is 0 Å². The van der Waals surface area contributed by atoms with E-state index in [1.165, 1.54) is 6.42 Å². The number of rotatable bonds is 15. The predicted octanol–water partition coefficient (Wildman–Crippen LogP) is 4.53. The van der Waals surface area contributed by atoms with E-state index in [9.17, 15) is 24.9 Å². The van der Waals surface area contributed by atoms with Crippen molar-refractivity contribution in [3.63, 3.8) is 0 Å². The van der Waals surface area contributed by atoms with E-state index in [1.54, 1.807) is 19.1 Å². The molecule has 2 bridgehead atoms. The molecule has 1 unspecified atom stereocenters. The van der Waals surface area contributed by atoms with Crippen LogP contribution >= 0.6 is 0 Å². The van der Waals surface area contributed by atoms with Crippen molar-refractivity contribution in [1.82, 2.24) is 25.5 Å². The molecule has 5 N–H and O–H groups in total. The molecule has 3 saturated carbocycles. The van der Waals surface area contributed by atoms with Crippen LogP contribution in [0.5, 0.6) is 5.75 Å². The number of hydrogen-bond acceptors (Lipinski definition) is 10. The highest BCUT2D eigenvalue weighted by Crippen LogP contribution is 2.61. The van der Waals surface area contributed by atoms with Gasteiger partial charge in [-0.1, -0.05) is 75.4 Å². The summed E-state index contributed by atoms with van der Waals surface area (Å²) in [5.41, 5.74) is 4.16. The van der Waals surface area contributed by atoms with Gasteiger partial charge in [0.05, 0.1) is 32.4 Å². The maximum atomic E-state index is 14.4. The van der Waals surface area contributed by atoms with E-state index in [4.69, 9.17) is 9.57 Å². The Kier molecular flexibility index (Phi) is 13.3. The molecule has 0 radical (unpaired) electrons. The summed E-state index contributed by atoms with van der Waals surface area (Å²) >= 11 is 0. The minimum Gasteiger partial charge on any atom is -0.496 e. The first-order chi connectivity index (χ1) is 28.2. The van der Waals surface area contributed by atoms with Crippen molar-refractivity contribution >= 4 is 11.8 Å². The second-order valence-corrected chi connectivity index (χ2v) is 18.7. The molecule has 8 rings (SSSR count). The third-order valence-corrected chi connectivity index (χ3v) is 14.6. The number of benzene rings is 2. The van der Waals surface area contributed by atoms with Crippen molar-refractivity contribution < 1.29 is 34.5 Å². The van der Waals surface area contributed by atoms with Crippen molar-refractivity contribution in [2.45, 2.75) is 109 Å². The highest BCUT2D eigenvalue weighted by molar-refractivity contribution is 5.97. The van der Waals surface area contributed by atoms with Crippen LogP contribution in [0.25, 0.3) is 0 Å². The summed E-state index contributed by atoms with van der Waals surface area (Å²) in [5, 5.41) is 41.2. The molecule has 2 amide bonds. The summed E-state index contributed by atoms with van der Waals surface area (Å²) < 4.78 is 6.16. The van der Waals surface area contributed by atoms with Crippen LogP contribution in [0.4, 0.5) is 0 Å². The Balaban J connectivity index is 1.14. The van der Waals surface area contributed by atoms with Crippen molar-refractivity contribution in [2.24, 2.45) is 29.1 Å². The lowest BCUT2D eigenvalue weighted by atomic mass is 9.45. The molecule has 2 aromatic carbocycles. The normalized spacial score (nSPS) is 30.7. The van der Waals surface area contributed by atoms with E-state index >= 15 is 0 Å². The molecule has 2 aromatic rings. The number of aliphatic hydroxyl groups is 3. The van der Waals surface area contributed by atoms with E-state index < -0.39 is 36.3 Å². The Bertz CT molecular complexity index is 1860. The van der Waals surface area contributed by atoms with Gasteiger partial charge in [0.1, 0.15) is 24.0 Å². The fourth-order valence-electron chi connectivity index (χ4n) is 11.0. The fraction of sp³-hybridized carbons (Fsp3) is 0.617. The summed E-state index contributed by atoms with van der Waals surface area (Å²) in [5.74, 6) is 0.715. The van der Waals surface area contributed by atoms with Crippen LogP contribution in [0, 0.1) is 29.1 Å². The summed E-state index contributed by atoms with van der Waals surface area (Å²) in [4.78, 5) is 39.3. The molecule has 59 heavy (non-hydrogen) atoms. The standard InChI is InChI=1S/C47H67N5O7/c1-28-37-23-34(47(37,3)4)24-38(28)48-46(57)42-41(29(2)54)40(27-53)59-52(42)25-31-16-13-17-36(44(31)58-7)32-20-33(22-35(21-32)50(5)6)45(56)49-39(26-51-18-11-12-19-51)43(55)30-14-9-8-10-15-30/h8-10,13-17,20,22,28-29,32,34,37-43,53-55H,11-12,18-19,21,23-27H2,1-7H3,(H,48,57)(H,49,56)/t28-,29-,32?,34+,37-,38-,39+,40-,41+,42-,43+/m0/s1. The number of para-hydroxylation sites is 1. The maximum absolute atomic E-state index is 14.4. The number of aliphatic hydroxyl groups excluding tert-OH is 3. The number of carbonyl (C=O) groups is 2. The Hall–Kier alpha value is -3.78. The quantitative estimate of drug-likeness (QED) is 0.174. The molecule has 2 saturated heterocycles. The van der Waals surface area contributed by atoms with Gasteiger partial charge in [0.2, 0.25) is 5.91 Å². The first kappa shape index (κ1) is 43.3. The average Bonchev–Trinajstić information content (AvgIpc) is 3.88. The molecule has 12 nitrogen and oxygen atoms in total. The first-order valence-corrected chi connectivity index (χ1v) is 21.8. The molecule has 0 aromatic heterocycles. The number of hydroxylamine groups is 2. The van der Waals surface area contributed by atoms with Gasteiger partial charge in [0.15, 0.2) is 0 Å². The highest BCUT2D eigenvalue weighted by atomic mass is 16.7. The number of fused-ring (bicyclic) bond motifs is 2. The number of hydrogen-bond donors (Lipinski definition) is 5. The zero-order valence-corrected chi connectivity index (χ0v) is 36.0. The lowest BCUT2D eigenvalue weighted by Gasteiger charge is -2.62. The SMILES string of the molecule is COc1c(CN2O[C@@H](CO)[C@@H]([C@H](C)O)[C@H]2C(=O)N[C@H]2C[C@H]3C[C@@H]([C@@H]2C)C3(C)C)cccc1C1C=C(C(=O)N[C@H](CN2CCCC2)[C@H](O)c2ccccc2)C=C(N(C)C)C1. The van der Waals surface area contributed by atoms with Crippen LogP contribution < -0.4 is 15.4 Å². The van der Waals surface area contributed by atoms with Crippen molar-refractivity contribution in [3.8, 4) is 5.75 Å². The summed E-state index contributed by atoms with van der Waals surface area (Å²) in [6, 6.07) is 14.1. The summed E-state index contributed by atoms with van der Waals surface area (Å²) in [6.07, 6.45) is 6.30. The van der Waals surface area contributed by atoms with E-state index in [0.717, 1.165) is 54.7 Å². The number of nitrogens with zero attached hydrogens (tertiary/aromatic N) is 3. The number of nitrogens with one attached hydrogen (secondary N) is 2. The molecule has 11 atom stereocenters. The van der Waals surface area contributed by atoms with Crippen LogP contribution in [-0.2, 0) is 21.0 Å². The van der Waals surface area contributed by atoms with Gasteiger partial charge in [-0.3, -0.25) is 14.4 Å². The fourth-order valence-corrected chi connectivity index (χ4v) is 11.0. The molecule has 4 aliphatic carbocycles. The summed E-state index contributed by atoms with van der Waals surface area (Å²) in [6.45, 7) is 10.8. The number of amides is 2. The van der Waals surface area contributed by atoms with Gasteiger partial charge in [0.25, 0.3) is 5.91 Å². The first-order valence-electron chi connectivity index (χ1n) is 21.8. The van der Waals surface area contributed by atoms with Gasteiger partial charge < -0.3 is 40.5 Å². The van der Waals surface area contributed by atoms with Crippen LogP contribution in [0.15, 0.2) is 72.0 Å². The zero-order chi connectivity index (χ0) is 42.2. The van der Waals surface area contributed by atoms with Gasteiger partial charge in [-0.25, -0.2) is 0 Å². The maximum Gasteiger partial charge on any atom is 0.251 e. The number of allylic oxidation sites excluding steroid dienone is 2. The van der Waals surface area contributed by atoms with E-state index in [2.05, 4.69) is 36.3 Å². The van der Waals surface area contributed by atoms with Crippen molar-refractivity contribution in [1.29, 1.82) is 0 Å². The second kappa shape index (κ2) is 18.1. The Morgan fingerprint density at radius 3 is 2.41 bits per heavy atom. The predicted molar refractivity (Wildman–Crippen MR) is 227 cm³/mol. The lowest BCUT2D eigenvalue weighted by Crippen LogP contribution is -2.62. The van der Waals surface area contributed by atoms with Crippen LogP contribution in [0.1, 0.15) is 88.5 Å².